The van der Waals surface area contributed by atoms with Crippen molar-refractivity contribution in [3.05, 3.63) is 29.3 Å². The van der Waals surface area contributed by atoms with Crippen molar-refractivity contribution in [1.82, 2.24) is 0 Å². The van der Waals surface area contributed by atoms with Crippen molar-refractivity contribution in [2.45, 2.75) is 25.1 Å². The van der Waals surface area contributed by atoms with Gasteiger partial charge in [-0.1, -0.05) is 12.1 Å². The molecule has 0 bridgehead atoms. The molecule has 94 valence electrons. The van der Waals surface area contributed by atoms with E-state index in [2.05, 4.69) is 4.90 Å². The van der Waals surface area contributed by atoms with E-state index in [1.54, 1.807) is 12.1 Å². The third-order valence-electron chi connectivity index (χ3n) is 3.08. The molecule has 5 heteroatoms. The second kappa shape index (κ2) is 4.22. The summed E-state index contributed by atoms with van der Waals surface area (Å²) in [5.41, 5.74) is 2.65. The van der Waals surface area contributed by atoms with E-state index in [-0.39, 0.29) is 6.42 Å². The van der Waals surface area contributed by atoms with Gasteiger partial charge in [0.15, 0.2) is 6.10 Å². The molecule has 1 aliphatic rings. The summed E-state index contributed by atoms with van der Waals surface area (Å²) in [7, 11) is 1.95. The molecule has 1 unspecified atom stereocenters. The van der Waals surface area contributed by atoms with Crippen LogP contribution in [0.25, 0.3) is 0 Å². The molecule has 2 rings (SSSR count). The number of hydrogen-bond acceptors (Lipinski definition) is 2. The number of nitrogens with zero attached hydrogens (tertiary/aromatic N) is 1. The van der Waals surface area contributed by atoms with Gasteiger partial charge < -0.3 is 10.0 Å². The van der Waals surface area contributed by atoms with Crippen molar-refractivity contribution >= 4 is 5.69 Å². The molecule has 1 heterocycles. The summed E-state index contributed by atoms with van der Waals surface area (Å²) < 4.78 is 36.6. The Morgan fingerprint density at radius 1 is 1.41 bits per heavy atom. The summed E-state index contributed by atoms with van der Waals surface area (Å²) in [6.07, 6.45) is -6.35. The van der Waals surface area contributed by atoms with Crippen LogP contribution in [0.3, 0.4) is 0 Å². The number of aliphatic hydroxyl groups is 1. The highest BCUT2D eigenvalue weighted by molar-refractivity contribution is 5.58. The normalized spacial score (nSPS) is 17.1. The summed E-state index contributed by atoms with van der Waals surface area (Å²) in [5.74, 6) is 0. The van der Waals surface area contributed by atoms with Crippen LogP contribution in [0, 0.1) is 0 Å². The number of fused-ring (bicyclic) bond motifs is 1. The highest BCUT2D eigenvalue weighted by Crippen LogP contribution is 2.29. The van der Waals surface area contributed by atoms with Gasteiger partial charge in [-0.25, -0.2) is 0 Å². The molecule has 1 atom stereocenters. The van der Waals surface area contributed by atoms with Crippen molar-refractivity contribution in [3.63, 3.8) is 0 Å². The van der Waals surface area contributed by atoms with Gasteiger partial charge in [-0.15, -0.1) is 0 Å². The van der Waals surface area contributed by atoms with Crippen LogP contribution in [0.5, 0.6) is 0 Å². The number of aliphatic hydroxyl groups excluding tert-OH is 1. The van der Waals surface area contributed by atoms with E-state index < -0.39 is 12.3 Å². The number of likely N-dealkylation sites (N-methyl/N-ethyl adjacent to an activating group) is 1. The lowest BCUT2D eigenvalue weighted by Gasteiger charge is -2.16. The van der Waals surface area contributed by atoms with Gasteiger partial charge in [0.2, 0.25) is 0 Å². The highest BCUT2D eigenvalue weighted by atomic mass is 19.4. The SMILES string of the molecule is CN1CCc2cc(CC(O)C(F)(F)F)ccc21. The molecule has 0 aromatic heterocycles. The van der Waals surface area contributed by atoms with Crippen LogP contribution < -0.4 is 4.90 Å². The monoisotopic (exact) mass is 245 g/mol. The van der Waals surface area contributed by atoms with E-state index in [4.69, 9.17) is 5.11 Å². The summed E-state index contributed by atoms with van der Waals surface area (Å²) in [6, 6.07) is 5.23. The van der Waals surface area contributed by atoms with Crippen LogP contribution >= 0.6 is 0 Å². The van der Waals surface area contributed by atoms with E-state index in [0.29, 0.717) is 5.56 Å². The molecule has 1 aliphatic heterocycles. The first-order valence-electron chi connectivity index (χ1n) is 5.45. The maximum absolute atomic E-state index is 12.2. The summed E-state index contributed by atoms with van der Waals surface area (Å²) >= 11 is 0. The molecule has 1 aromatic carbocycles. The first-order valence-corrected chi connectivity index (χ1v) is 5.45. The Morgan fingerprint density at radius 3 is 2.76 bits per heavy atom. The number of halogens is 3. The van der Waals surface area contributed by atoms with Crippen LogP contribution in [0.1, 0.15) is 11.1 Å². The van der Waals surface area contributed by atoms with Crippen LogP contribution in [0.4, 0.5) is 18.9 Å². The molecular weight excluding hydrogens is 231 g/mol. The number of alkyl halides is 3. The minimum absolute atomic E-state index is 0.375. The topological polar surface area (TPSA) is 23.5 Å². The number of rotatable bonds is 2. The van der Waals surface area contributed by atoms with E-state index in [0.717, 1.165) is 24.2 Å². The molecule has 2 nitrogen and oxygen atoms in total. The summed E-state index contributed by atoms with van der Waals surface area (Å²) in [5, 5.41) is 9.00. The maximum Gasteiger partial charge on any atom is 0.414 e. The summed E-state index contributed by atoms with van der Waals surface area (Å²) in [6.45, 7) is 0.889. The quantitative estimate of drug-likeness (QED) is 0.863. The number of benzene rings is 1. The van der Waals surface area contributed by atoms with Gasteiger partial charge in [-0.2, -0.15) is 13.2 Å². The molecular formula is C12H14F3NO. The second-order valence-corrected chi connectivity index (χ2v) is 4.40. The van der Waals surface area contributed by atoms with Crippen LogP contribution in [-0.2, 0) is 12.8 Å². The van der Waals surface area contributed by atoms with Crippen LogP contribution in [0.2, 0.25) is 0 Å². The lowest BCUT2D eigenvalue weighted by atomic mass is 10.0. The molecule has 0 radical (unpaired) electrons. The fourth-order valence-corrected chi connectivity index (χ4v) is 2.09. The first kappa shape index (κ1) is 12.2. The molecule has 1 aromatic rings. The summed E-state index contributed by atoms with van der Waals surface area (Å²) in [4.78, 5) is 2.07. The van der Waals surface area contributed by atoms with Gasteiger partial charge in [0.1, 0.15) is 0 Å². The number of anilines is 1. The number of hydrogen-bond donors (Lipinski definition) is 1. The predicted molar refractivity (Wildman–Crippen MR) is 59.2 cm³/mol. The van der Waals surface area contributed by atoms with Gasteiger partial charge in [-0.3, -0.25) is 0 Å². The zero-order chi connectivity index (χ0) is 12.6. The van der Waals surface area contributed by atoms with Crippen molar-refractivity contribution in [1.29, 1.82) is 0 Å². The molecule has 0 fully saturated rings. The van der Waals surface area contributed by atoms with Gasteiger partial charge in [0.25, 0.3) is 0 Å². The average molecular weight is 245 g/mol. The zero-order valence-electron chi connectivity index (χ0n) is 9.46. The Balaban J connectivity index is 2.14. The van der Waals surface area contributed by atoms with Gasteiger partial charge in [0.05, 0.1) is 0 Å². The fourth-order valence-electron chi connectivity index (χ4n) is 2.09. The minimum atomic E-state index is -4.55. The fraction of sp³-hybridized carbons (Fsp3) is 0.500. The van der Waals surface area contributed by atoms with Crippen LogP contribution in [-0.4, -0.2) is 31.0 Å². The van der Waals surface area contributed by atoms with Crippen molar-refractivity contribution < 1.29 is 18.3 Å². The zero-order valence-corrected chi connectivity index (χ0v) is 9.46. The van der Waals surface area contributed by atoms with E-state index in [9.17, 15) is 13.2 Å². The largest absolute Gasteiger partial charge is 0.414 e. The molecule has 0 aliphatic carbocycles. The van der Waals surface area contributed by atoms with Crippen LogP contribution in [0.15, 0.2) is 18.2 Å². The van der Waals surface area contributed by atoms with Crippen molar-refractivity contribution in [3.8, 4) is 0 Å². The Labute approximate surface area is 97.7 Å². The molecule has 0 saturated heterocycles. The standard InChI is InChI=1S/C12H14F3NO/c1-16-5-4-9-6-8(2-3-10(9)16)7-11(17)12(13,14)15/h2-3,6,11,17H,4-5,7H2,1H3. The molecule has 0 spiro atoms. The van der Waals surface area contributed by atoms with E-state index >= 15 is 0 Å². The molecule has 17 heavy (non-hydrogen) atoms. The van der Waals surface area contributed by atoms with Crippen molar-refractivity contribution in [2.75, 3.05) is 18.5 Å². The Bertz CT molecular complexity index is 417. The van der Waals surface area contributed by atoms with Gasteiger partial charge in [-0.05, 0) is 23.6 Å². The Hall–Kier alpha value is -1.23. The predicted octanol–water partition coefficient (Wildman–Crippen LogP) is 2.14. The average Bonchev–Trinajstić information content (AvgIpc) is 2.59. The van der Waals surface area contributed by atoms with Crippen molar-refractivity contribution in [2.24, 2.45) is 0 Å². The van der Waals surface area contributed by atoms with E-state index in [1.807, 2.05) is 13.1 Å². The maximum atomic E-state index is 12.2. The molecule has 1 N–H and O–H groups in total. The third kappa shape index (κ3) is 2.54. The molecule has 0 amide bonds. The van der Waals surface area contributed by atoms with Gasteiger partial charge in [0, 0.05) is 25.7 Å². The smallest absolute Gasteiger partial charge is 0.383 e. The second-order valence-electron chi connectivity index (χ2n) is 4.40. The lowest BCUT2D eigenvalue weighted by molar-refractivity contribution is -0.203. The lowest BCUT2D eigenvalue weighted by Crippen LogP contribution is -2.30. The first-order chi connectivity index (χ1) is 7.88. The third-order valence-corrected chi connectivity index (χ3v) is 3.08. The minimum Gasteiger partial charge on any atom is -0.383 e. The Morgan fingerprint density at radius 2 is 2.12 bits per heavy atom. The van der Waals surface area contributed by atoms with Gasteiger partial charge >= 0.3 is 6.18 Å². The highest BCUT2D eigenvalue weighted by Gasteiger charge is 2.38. The molecule has 0 saturated carbocycles. The Kier molecular flexibility index (Phi) is 3.03. The van der Waals surface area contributed by atoms with E-state index in [1.165, 1.54) is 0 Å².